The zero-order valence-electron chi connectivity index (χ0n) is 17.4. The maximum atomic E-state index is 13.1. The van der Waals surface area contributed by atoms with Gasteiger partial charge in [-0.25, -0.2) is 0 Å². The number of hydrogen-bond donors (Lipinski definition) is 0. The molecule has 4 rings (SSSR count). The highest BCUT2D eigenvalue weighted by Gasteiger charge is 2.30. The first kappa shape index (κ1) is 21.7. The number of piperidine rings is 1. The molecule has 1 aliphatic heterocycles. The lowest BCUT2D eigenvalue weighted by molar-refractivity contribution is -0.136. The molecule has 160 valence electrons. The van der Waals surface area contributed by atoms with Crippen molar-refractivity contribution in [3.8, 4) is 0 Å². The van der Waals surface area contributed by atoms with E-state index in [2.05, 4.69) is 0 Å². The second kappa shape index (κ2) is 9.29. The van der Waals surface area contributed by atoms with Gasteiger partial charge in [-0.3, -0.25) is 9.59 Å². The second-order valence-corrected chi connectivity index (χ2v) is 8.85. The van der Waals surface area contributed by atoms with Gasteiger partial charge in [0.1, 0.15) is 0 Å². The van der Waals surface area contributed by atoms with Gasteiger partial charge in [0.15, 0.2) is 0 Å². The number of benzene rings is 3. The van der Waals surface area contributed by atoms with Crippen LogP contribution in [0.2, 0.25) is 10.0 Å². The third kappa shape index (κ3) is 4.70. The number of carbonyl (C=O) groups is 2. The Balaban J connectivity index is 1.38. The molecule has 0 bridgehead atoms. The van der Waals surface area contributed by atoms with Crippen LogP contribution in [0.15, 0.2) is 60.7 Å². The Hall–Kier alpha value is -2.56. The lowest BCUT2D eigenvalue weighted by Crippen LogP contribution is -2.43. The van der Waals surface area contributed by atoms with Crippen molar-refractivity contribution >= 4 is 45.8 Å². The van der Waals surface area contributed by atoms with Gasteiger partial charge in [-0.05, 0) is 47.4 Å². The molecule has 0 saturated carbocycles. The monoisotopic (exact) mass is 454 g/mol. The molecule has 3 aromatic rings. The number of fused-ring (bicyclic) bond motifs is 1. The number of amides is 2. The van der Waals surface area contributed by atoms with E-state index in [1.807, 2.05) is 53.4 Å². The fraction of sp³-hybridized carbons (Fsp3) is 0.280. The number of nitrogens with zero attached hydrogens (tertiary/aromatic N) is 2. The molecule has 0 aliphatic carbocycles. The van der Waals surface area contributed by atoms with Crippen LogP contribution in [-0.2, 0) is 11.3 Å². The first-order valence-corrected chi connectivity index (χ1v) is 11.2. The molecule has 1 heterocycles. The highest BCUT2D eigenvalue weighted by molar-refractivity contribution is 6.42. The van der Waals surface area contributed by atoms with Crippen LogP contribution in [0.3, 0.4) is 0 Å². The highest BCUT2D eigenvalue weighted by atomic mass is 35.5. The third-order valence-electron chi connectivity index (χ3n) is 5.93. The minimum atomic E-state index is -0.0793. The predicted octanol–water partition coefficient (Wildman–Crippen LogP) is 5.66. The van der Waals surface area contributed by atoms with Gasteiger partial charge in [0, 0.05) is 38.2 Å². The van der Waals surface area contributed by atoms with E-state index in [1.54, 1.807) is 24.1 Å². The Morgan fingerprint density at radius 3 is 2.42 bits per heavy atom. The molecule has 0 radical (unpaired) electrons. The van der Waals surface area contributed by atoms with Crippen LogP contribution in [0.25, 0.3) is 10.8 Å². The van der Waals surface area contributed by atoms with Gasteiger partial charge >= 0.3 is 0 Å². The lowest BCUT2D eigenvalue weighted by Gasteiger charge is -2.33. The summed E-state index contributed by atoms with van der Waals surface area (Å²) in [6.07, 6.45) is 1.34. The smallest absolute Gasteiger partial charge is 0.254 e. The topological polar surface area (TPSA) is 40.6 Å². The van der Waals surface area contributed by atoms with Crippen LogP contribution < -0.4 is 0 Å². The summed E-state index contributed by atoms with van der Waals surface area (Å²) in [6.45, 7) is 1.64. The van der Waals surface area contributed by atoms with Crippen molar-refractivity contribution in [3.05, 3.63) is 81.8 Å². The number of rotatable bonds is 4. The van der Waals surface area contributed by atoms with Crippen molar-refractivity contribution < 1.29 is 9.59 Å². The first-order valence-electron chi connectivity index (χ1n) is 10.4. The molecular formula is C25H24Cl2N2O2. The average molecular weight is 455 g/mol. The standard InChI is InChI=1S/C25H24Cl2N2O2/c1-28(16-17-9-10-22(26)23(27)15-17)24(30)19-11-13-29(14-12-19)25(31)21-8-4-6-18-5-2-3-7-20(18)21/h2-10,15,19H,11-14,16H2,1H3. The van der Waals surface area contributed by atoms with Crippen molar-refractivity contribution in [2.24, 2.45) is 5.92 Å². The summed E-state index contributed by atoms with van der Waals surface area (Å²) in [4.78, 5) is 29.7. The van der Waals surface area contributed by atoms with E-state index in [0.29, 0.717) is 42.5 Å². The summed E-state index contributed by atoms with van der Waals surface area (Å²) in [5.41, 5.74) is 1.66. The van der Waals surface area contributed by atoms with E-state index in [9.17, 15) is 9.59 Å². The zero-order valence-corrected chi connectivity index (χ0v) is 18.9. The summed E-state index contributed by atoms with van der Waals surface area (Å²) >= 11 is 12.1. The summed E-state index contributed by atoms with van der Waals surface area (Å²) in [5, 5.41) is 3.01. The van der Waals surface area contributed by atoms with E-state index in [-0.39, 0.29) is 17.7 Å². The van der Waals surface area contributed by atoms with Crippen LogP contribution in [0.1, 0.15) is 28.8 Å². The van der Waals surface area contributed by atoms with Gasteiger partial charge in [0.05, 0.1) is 10.0 Å². The molecule has 4 nitrogen and oxygen atoms in total. The fourth-order valence-electron chi connectivity index (χ4n) is 4.21. The van der Waals surface area contributed by atoms with E-state index in [1.165, 1.54) is 0 Å². The molecule has 1 fully saturated rings. The first-order chi connectivity index (χ1) is 14.9. The number of halogens is 2. The molecule has 2 amide bonds. The Labute approximate surface area is 192 Å². The molecular weight excluding hydrogens is 431 g/mol. The summed E-state index contributed by atoms with van der Waals surface area (Å²) in [6, 6.07) is 19.2. The van der Waals surface area contributed by atoms with Gasteiger partial charge < -0.3 is 9.80 Å². The minimum Gasteiger partial charge on any atom is -0.341 e. The maximum Gasteiger partial charge on any atom is 0.254 e. The van der Waals surface area contributed by atoms with Crippen LogP contribution in [0, 0.1) is 5.92 Å². The van der Waals surface area contributed by atoms with Crippen molar-refractivity contribution in [1.29, 1.82) is 0 Å². The molecule has 1 aliphatic rings. The normalized spacial score (nSPS) is 14.6. The van der Waals surface area contributed by atoms with Gasteiger partial charge in [0.2, 0.25) is 5.91 Å². The Bertz CT molecular complexity index is 1120. The highest BCUT2D eigenvalue weighted by Crippen LogP contribution is 2.26. The molecule has 31 heavy (non-hydrogen) atoms. The SMILES string of the molecule is CN(Cc1ccc(Cl)c(Cl)c1)C(=O)C1CCN(C(=O)c2cccc3ccccc23)CC1. The van der Waals surface area contributed by atoms with Gasteiger partial charge in [0.25, 0.3) is 5.91 Å². The minimum absolute atomic E-state index is 0.0341. The van der Waals surface area contributed by atoms with Crippen molar-refractivity contribution in [1.82, 2.24) is 9.80 Å². The van der Waals surface area contributed by atoms with Crippen molar-refractivity contribution in [3.63, 3.8) is 0 Å². The van der Waals surface area contributed by atoms with Crippen LogP contribution in [-0.4, -0.2) is 41.8 Å². The van der Waals surface area contributed by atoms with Crippen molar-refractivity contribution in [2.45, 2.75) is 19.4 Å². The van der Waals surface area contributed by atoms with E-state index in [0.717, 1.165) is 21.9 Å². The molecule has 1 saturated heterocycles. The van der Waals surface area contributed by atoms with Crippen molar-refractivity contribution in [2.75, 3.05) is 20.1 Å². The van der Waals surface area contributed by atoms with E-state index in [4.69, 9.17) is 23.2 Å². The average Bonchev–Trinajstić information content (AvgIpc) is 2.80. The quantitative estimate of drug-likeness (QED) is 0.510. The molecule has 0 aromatic heterocycles. The van der Waals surface area contributed by atoms with Crippen LogP contribution in [0.4, 0.5) is 0 Å². The largest absolute Gasteiger partial charge is 0.341 e. The van der Waals surface area contributed by atoms with Crippen LogP contribution in [0.5, 0.6) is 0 Å². The maximum absolute atomic E-state index is 13.1. The Morgan fingerprint density at radius 1 is 0.968 bits per heavy atom. The molecule has 0 unspecified atom stereocenters. The molecule has 0 spiro atoms. The van der Waals surface area contributed by atoms with Crippen LogP contribution >= 0.6 is 23.2 Å². The molecule has 0 N–H and O–H groups in total. The third-order valence-corrected chi connectivity index (χ3v) is 6.67. The van der Waals surface area contributed by atoms with E-state index >= 15 is 0 Å². The summed E-state index contributed by atoms with van der Waals surface area (Å²) < 4.78 is 0. The number of carbonyl (C=O) groups excluding carboxylic acids is 2. The van der Waals surface area contributed by atoms with E-state index < -0.39 is 0 Å². The lowest BCUT2D eigenvalue weighted by atomic mass is 9.94. The van der Waals surface area contributed by atoms with Gasteiger partial charge in [-0.2, -0.15) is 0 Å². The summed E-state index contributed by atoms with van der Waals surface area (Å²) in [5.74, 6) is 0.0551. The number of likely N-dealkylation sites (tertiary alicyclic amines) is 1. The molecule has 0 atom stereocenters. The fourth-order valence-corrected chi connectivity index (χ4v) is 4.53. The van der Waals surface area contributed by atoms with Gasteiger partial charge in [-0.1, -0.05) is 65.7 Å². The van der Waals surface area contributed by atoms with Gasteiger partial charge in [-0.15, -0.1) is 0 Å². The predicted molar refractivity (Wildman–Crippen MR) is 126 cm³/mol. The zero-order chi connectivity index (χ0) is 22.0. The molecule has 3 aromatic carbocycles. The molecule has 6 heteroatoms. The Kier molecular flexibility index (Phi) is 6.49. The summed E-state index contributed by atoms with van der Waals surface area (Å²) in [7, 11) is 1.80. The number of hydrogen-bond acceptors (Lipinski definition) is 2. The Morgan fingerprint density at radius 2 is 1.68 bits per heavy atom. The second-order valence-electron chi connectivity index (χ2n) is 8.04.